The molecule has 22 heavy (non-hydrogen) atoms. The number of aromatic carboxylic acids is 1. The van der Waals surface area contributed by atoms with Gasteiger partial charge in [-0.25, -0.2) is 9.78 Å². The molecular formula is C16H22N2O4. The number of hydrogen-bond donors (Lipinski definition) is 1. The number of methoxy groups -OCH3 is 1. The summed E-state index contributed by atoms with van der Waals surface area (Å²) in [6.45, 7) is 3.23. The molecule has 0 aliphatic carbocycles. The van der Waals surface area contributed by atoms with Gasteiger partial charge in [-0.05, 0) is 31.4 Å². The normalized spacial score (nSPS) is 21.1. The molecule has 0 bridgehead atoms. The van der Waals surface area contributed by atoms with Crippen molar-refractivity contribution >= 4 is 11.9 Å². The second-order valence-corrected chi connectivity index (χ2v) is 5.68. The Labute approximate surface area is 130 Å². The molecule has 1 aliphatic rings. The topological polar surface area (TPSA) is 79.7 Å². The molecule has 0 radical (unpaired) electrons. The van der Waals surface area contributed by atoms with Crippen molar-refractivity contribution in [3.63, 3.8) is 0 Å². The molecule has 1 atom stereocenters. The molecule has 1 unspecified atom stereocenters. The SMILES string of the molecule is CCCC1(COC)CCCN1C(=O)c1cccc(C(=O)O)n1. The second-order valence-electron chi connectivity index (χ2n) is 5.68. The van der Waals surface area contributed by atoms with Crippen molar-refractivity contribution in [2.45, 2.75) is 38.1 Å². The molecule has 2 rings (SSSR count). The molecule has 0 spiro atoms. The Balaban J connectivity index is 2.30. The van der Waals surface area contributed by atoms with E-state index in [0.717, 1.165) is 25.7 Å². The Morgan fingerprint density at radius 2 is 2.14 bits per heavy atom. The number of ether oxygens (including phenoxy) is 1. The highest BCUT2D eigenvalue weighted by molar-refractivity contribution is 5.94. The number of likely N-dealkylation sites (tertiary alicyclic amines) is 1. The first kappa shape index (κ1) is 16.4. The maximum Gasteiger partial charge on any atom is 0.354 e. The van der Waals surface area contributed by atoms with Crippen LogP contribution in [0.25, 0.3) is 0 Å². The predicted molar refractivity (Wildman–Crippen MR) is 81.0 cm³/mol. The molecular weight excluding hydrogens is 284 g/mol. The predicted octanol–water partition coefficient (Wildman–Crippen LogP) is 2.20. The van der Waals surface area contributed by atoms with Gasteiger partial charge in [0.1, 0.15) is 11.4 Å². The summed E-state index contributed by atoms with van der Waals surface area (Å²) in [7, 11) is 1.64. The van der Waals surface area contributed by atoms with Crippen LogP contribution in [0.2, 0.25) is 0 Å². The molecule has 2 heterocycles. The van der Waals surface area contributed by atoms with Gasteiger partial charge >= 0.3 is 5.97 Å². The van der Waals surface area contributed by atoms with Gasteiger partial charge in [0, 0.05) is 13.7 Å². The van der Waals surface area contributed by atoms with Crippen LogP contribution in [0.4, 0.5) is 0 Å². The van der Waals surface area contributed by atoms with Gasteiger partial charge in [0.2, 0.25) is 0 Å². The standard InChI is InChI=1S/C16H22N2O4/c1-3-8-16(11-22-2)9-5-10-18(16)14(19)12-6-4-7-13(17-12)15(20)21/h4,6-7H,3,5,8-11H2,1-2H3,(H,20,21). The minimum atomic E-state index is -1.13. The van der Waals surface area contributed by atoms with Crippen molar-refractivity contribution in [2.24, 2.45) is 0 Å². The first-order valence-electron chi connectivity index (χ1n) is 7.55. The third kappa shape index (κ3) is 3.11. The number of rotatable bonds is 6. The van der Waals surface area contributed by atoms with Gasteiger partial charge in [0.25, 0.3) is 5.91 Å². The zero-order chi connectivity index (χ0) is 16.2. The molecule has 0 aromatic carbocycles. The van der Waals surface area contributed by atoms with Crippen LogP contribution in [-0.4, -0.2) is 52.7 Å². The van der Waals surface area contributed by atoms with Crippen molar-refractivity contribution < 1.29 is 19.4 Å². The lowest BCUT2D eigenvalue weighted by Gasteiger charge is -2.38. The third-order valence-corrected chi connectivity index (χ3v) is 4.16. The molecule has 0 saturated carbocycles. The van der Waals surface area contributed by atoms with Crippen molar-refractivity contribution in [1.29, 1.82) is 0 Å². The Hall–Kier alpha value is -1.95. The van der Waals surface area contributed by atoms with E-state index in [1.807, 2.05) is 4.90 Å². The fourth-order valence-electron chi connectivity index (χ4n) is 3.28. The Kier molecular flexibility index (Phi) is 5.13. The molecule has 120 valence electrons. The highest BCUT2D eigenvalue weighted by atomic mass is 16.5. The number of amides is 1. The molecule has 1 aromatic rings. The summed E-state index contributed by atoms with van der Waals surface area (Å²) in [4.78, 5) is 29.6. The van der Waals surface area contributed by atoms with E-state index in [9.17, 15) is 9.59 Å². The summed E-state index contributed by atoms with van der Waals surface area (Å²) in [5, 5.41) is 9.02. The fraction of sp³-hybridized carbons (Fsp3) is 0.562. The number of carbonyl (C=O) groups excluding carboxylic acids is 1. The van der Waals surface area contributed by atoms with Crippen LogP contribution in [0.15, 0.2) is 18.2 Å². The van der Waals surface area contributed by atoms with Crippen molar-refractivity contribution in [3.8, 4) is 0 Å². The highest BCUT2D eigenvalue weighted by Gasteiger charge is 2.43. The average Bonchev–Trinajstić information content (AvgIpc) is 2.91. The van der Waals surface area contributed by atoms with E-state index in [4.69, 9.17) is 9.84 Å². The summed E-state index contributed by atoms with van der Waals surface area (Å²) in [5.74, 6) is -1.35. The second kappa shape index (κ2) is 6.87. The van der Waals surface area contributed by atoms with Gasteiger partial charge in [-0.1, -0.05) is 19.4 Å². The smallest absolute Gasteiger partial charge is 0.354 e. The Bertz CT molecular complexity index is 553. The molecule has 1 aromatic heterocycles. The number of hydrogen-bond acceptors (Lipinski definition) is 4. The van der Waals surface area contributed by atoms with Crippen molar-refractivity contribution in [3.05, 3.63) is 29.6 Å². The number of carboxylic acid groups (broad SMARTS) is 1. The number of nitrogens with zero attached hydrogens (tertiary/aromatic N) is 2. The third-order valence-electron chi connectivity index (χ3n) is 4.16. The monoisotopic (exact) mass is 306 g/mol. The van der Waals surface area contributed by atoms with Gasteiger partial charge < -0.3 is 14.7 Å². The summed E-state index contributed by atoms with van der Waals surface area (Å²) < 4.78 is 5.35. The lowest BCUT2D eigenvalue weighted by molar-refractivity contribution is 0.0250. The fourth-order valence-corrected chi connectivity index (χ4v) is 3.28. The first-order chi connectivity index (χ1) is 10.5. The first-order valence-corrected chi connectivity index (χ1v) is 7.55. The van der Waals surface area contributed by atoms with Gasteiger partial charge in [0.05, 0.1) is 12.1 Å². The van der Waals surface area contributed by atoms with E-state index in [-0.39, 0.29) is 22.8 Å². The molecule has 1 fully saturated rings. The van der Waals surface area contributed by atoms with E-state index in [1.165, 1.54) is 6.07 Å². The Morgan fingerprint density at radius 1 is 1.41 bits per heavy atom. The van der Waals surface area contributed by atoms with Gasteiger partial charge in [0.15, 0.2) is 0 Å². The quantitative estimate of drug-likeness (QED) is 0.871. The van der Waals surface area contributed by atoms with Gasteiger partial charge in [-0.15, -0.1) is 0 Å². The lowest BCUT2D eigenvalue weighted by atomic mass is 9.91. The van der Waals surface area contributed by atoms with Crippen LogP contribution in [0.1, 0.15) is 53.6 Å². The molecule has 6 nitrogen and oxygen atoms in total. The van der Waals surface area contributed by atoms with Crippen LogP contribution in [0.5, 0.6) is 0 Å². The zero-order valence-corrected chi connectivity index (χ0v) is 13.0. The molecule has 1 saturated heterocycles. The summed E-state index contributed by atoms with van der Waals surface area (Å²) >= 11 is 0. The lowest BCUT2D eigenvalue weighted by Crippen LogP contribution is -2.50. The maximum absolute atomic E-state index is 12.8. The van der Waals surface area contributed by atoms with Crippen LogP contribution in [0.3, 0.4) is 0 Å². The minimum Gasteiger partial charge on any atom is -0.477 e. The van der Waals surface area contributed by atoms with Gasteiger partial charge in [-0.2, -0.15) is 0 Å². The van der Waals surface area contributed by atoms with Crippen LogP contribution in [0, 0.1) is 0 Å². The largest absolute Gasteiger partial charge is 0.477 e. The summed E-state index contributed by atoms with van der Waals surface area (Å²) in [6.07, 6.45) is 3.65. The van der Waals surface area contributed by atoms with E-state index in [0.29, 0.717) is 13.2 Å². The van der Waals surface area contributed by atoms with E-state index in [1.54, 1.807) is 19.2 Å². The Morgan fingerprint density at radius 3 is 2.77 bits per heavy atom. The number of carbonyl (C=O) groups is 2. The average molecular weight is 306 g/mol. The highest BCUT2D eigenvalue weighted by Crippen LogP contribution is 2.35. The van der Waals surface area contributed by atoms with Crippen LogP contribution >= 0.6 is 0 Å². The molecule has 1 N–H and O–H groups in total. The molecule has 1 amide bonds. The van der Waals surface area contributed by atoms with E-state index < -0.39 is 5.97 Å². The van der Waals surface area contributed by atoms with Crippen molar-refractivity contribution in [1.82, 2.24) is 9.88 Å². The number of aromatic nitrogens is 1. The van der Waals surface area contributed by atoms with Crippen LogP contribution in [-0.2, 0) is 4.74 Å². The van der Waals surface area contributed by atoms with Gasteiger partial charge in [-0.3, -0.25) is 4.79 Å². The number of pyridine rings is 1. The zero-order valence-electron chi connectivity index (χ0n) is 13.0. The molecule has 1 aliphatic heterocycles. The summed E-state index contributed by atoms with van der Waals surface area (Å²) in [5.41, 5.74) is -0.238. The molecule has 6 heteroatoms. The van der Waals surface area contributed by atoms with Crippen molar-refractivity contribution in [2.75, 3.05) is 20.3 Å². The van der Waals surface area contributed by atoms with Crippen LogP contribution < -0.4 is 0 Å². The number of carboxylic acids is 1. The summed E-state index contributed by atoms with van der Waals surface area (Å²) in [6, 6.07) is 4.51. The van der Waals surface area contributed by atoms with E-state index >= 15 is 0 Å². The van der Waals surface area contributed by atoms with E-state index in [2.05, 4.69) is 11.9 Å². The minimum absolute atomic E-state index is 0.113. The maximum atomic E-state index is 12.8.